The van der Waals surface area contributed by atoms with Crippen LogP contribution in [0.25, 0.3) is 0 Å². The Balaban J connectivity index is 0.00000242. The van der Waals surface area contributed by atoms with Gasteiger partial charge in [-0.3, -0.25) is 9.69 Å². The van der Waals surface area contributed by atoms with Crippen molar-refractivity contribution in [2.75, 3.05) is 25.0 Å². The summed E-state index contributed by atoms with van der Waals surface area (Å²) in [7, 11) is 0. The summed E-state index contributed by atoms with van der Waals surface area (Å²) in [5, 5.41) is 3.43. The predicted octanol–water partition coefficient (Wildman–Crippen LogP) is 3.15. The Bertz CT molecular complexity index is 484. The van der Waals surface area contributed by atoms with E-state index in [2.05, 4.69) is 17.1 Å². The number of hydrogen-bond donors (Lipinski definition) is 2. The van der Waals surface area contributed by atoms with Gasteiger partial charge in [-0.05, 0) is 37.4 Å². The highest BCUT2D eigenvalue weighted by Gasteiger charge is 2.25. The van der Waals surface area contributed by atoms with E-state index in [1.165, 1.54) is 6.42 Å². The van der Waals surface area contributed by atoms with E-state index in [4.69, 9.17) is 17.3 Å². The van der Waals surface area contributed by atoms with Crippen molar-refractivity contribution in [1.82, 2.24) is 4.90 Å². The molecule has 1 aliphatic rings. The molecule has 1 amide bonds. The van der Waals surface area contributed by atoms with Crippen LogP contribution >= 0.6 is 24.0 Å². The molecule has 2 rings (SSSR count). The minimum absolute atomic E-state index is 0. The first kappa shape index (κ1) is 19.2. The van der Waals surface area contributed by atoms with Gasteiger partial charge in [0.25, 0.3) is 0 Å². The first-order valence-electron chi connectivity index (χ1n) is 7.58. The number of carbonyl (C=O) groups excluding carboxylic acids is 1. The van der Waals surface area contributed by atoms with Gasteiger partial charge in [0.15, 0.2) is 0 Å². The second-order valence-electron chi connectivity index (χ2n) is 5.83. The summed E-state index contributed by atoms with van der Waals surface area (Å²) < 4.78 is 0. The molecule has 1 aromatic carbocycles. The summed E-state index contributed by atoms with van der Waals surface area (Å²) in [6.07, 6.45) is 2.78. The number of anilines is 1. The summed E-state index contributed by atoms with van der Waals surface area (Å²) in [6, 6.07) is 7.69. The van der Waals surface area contributed by atoms with E-state index in [0.29, 0.717) is 29.7 Å². The third-order valence-corrected chi connectivity index (χ3v) is 4.48. The van der Waals surface area contributed by atoms with Gasteiger partial charge in [0.05, 0.1) is 10.7 Å². The lowest BCUT2D eigenvalue weighted by molar-refractivity contribution is -0.116. The molecule has 3 N–H and O–H groups in total. The van der Waals surface area contributed by atoms with Crippen molar-refractivity contribution >= 4 is 35.6 Å². The smallest absolute Gasteiger partial charge is 0.225 e. The molecule has 2 unspecified atom stereocenters. The van der Waals surface area contributed by atoms with Crippen LogP contribution < -0.4 is 11.1 Å². The van der Waals surface area contributed by atoms with Crippen LogP contribution in [0.3, 0.4) is 0 Å². The molecule has 1 aromatic rings. The third kappa shape index (κ3) is 5.43. The maximum atomic E-state index is 12.0. The zero-order valence-electron chi connectivity index (χ0n) is 12.9. The predicted molar refractivity (Wildman–Crippen MR) is 94.8 cm³/mol. The van der Waals surface area contributed by atoms with Crippen molar-refractivity contribution in [3.05, 3.63) is 29.3 Å². The van der Waals surface area contributed by atoms with Crippen molar-refractivity contribution in [1.29, 1.82) is 0 Å². The number of para-hydroxylation sites is 1. The molecule has 1 fully saturated rings. The summed E-state index contributed by atoms with van der Waals surface area (Å²) in [5.41, 5.74) is 6.52. The Kier molecular flexibility index (Phi) is 8.18. The average molecular weight is 346 g/mol. The lowest BCUT2D eigenvalue weighted by Crippen LogP contribution is -2.47. The summed E-state index contributed by atoms with van der Waals surface area (Å²) in [4.78, 5) is 14.4. The van der Waals surface area contributed by atoms with Crippen molar-refractivity contribution in [2.24, 2.45) is 11.7 Å². The number of benzene rings is 1. The summed E-state index contributed by atoms with van der Waals surface area (Å²) in [6.45, 7) is 4.72. The van der Waals surface area contributed by atoms with Gasteiger partial charge in [0.2, 0.25) is 5.91 Å². The van der Waals surface area contributed by atoms with E-state index in [9.17, 15) is 4.79 Å². The Morgan fingerprint density at radius 2 is 2.18 bits per heavy atom. The number of nitrogens with two attached hydrogens (primary N) is 1. The van der Waals surface area contributed by atoms with Gasteiger partial charge in [0.1, 0.15) is 0 Å². The number of hydrogen-bond acceptors (Lipinski definition) is 3. The molecule has 2 atom stereocenters. The molecule has 0 bridgehead atoms. The number of carbonyl (C=O) groups is 1. The molecule has 124 valence electrons. The third-order valence-electron chi connectivity index (χ3n) is 4.15. The number of nitrogens with one attached hydrogen (secondary N) is 1. The van der Waals surface area contributed by atoms with Gasteiger partial charge in [-0.15, -0.1) is 12.4 Å². The molecular weight excluding hydrogens is 321 g/mol. The topological polar surface area (TPSA) is 58.4 Å². The molecule has 0 aromatic heterocycles. The Morgan fingerprint density at radius 1 is 1.45 bits per heavy atom. The summed E-state index contributed by atoms with van der Waals surface area (Å²) >= 11 is 6.04. The standard InChI is InChI=1S/C16H24ClN3O.ClH/c1-12-6-8-20(13(10-12)11-18)9-7-16(21)19-15-5-3-2-4-14(15)17;/h2-5,12-13H,6-11,18H2,1H3,(H,19,21);1H. The number of nitrogens with zero attached hydrogens (tertiary/aromatic N) is 1. The number of piperidine rings is 1. The van der Waals surface area contributed by atoms with Crippen molar-refractivity contribution in [2.45, 2.75) is 32.2 Å². The van der Waals surface area contributed by atoms with Crippen molar-refractivity contribution < 1.29 is 4.79 Å². The number of rotatable bonds is 5. The van der Waals surface area contributed by atoms with Gasteiger partial charge in [-0.2, -0.15) is 0 Å². The highest BCUT2D eigenvalue weighted by molar-refractivity contribution is 6.33. The monoisotopic (exact) mass is 345 g/mol. The lowest BCUT2D eigenvalue weighted by Gasteiger charge is -2.37. The minimum Gasteiger partial charge on any atom is -0.329 e. The van der Waals surface area contributed by atoms with E-state index in [0.717, 1.165) is 25.4 Å². The van der Waals surface area contributed by atoms with Gasteiger partial charge >= 0.3 is 0 Å². The first-order valence-corrected chi connectivity index (χ1v) is 7.96. The molecule has 4 nitrogen and oxygen atoms in total. The fourth-order valence-electron chi connectivity index (χ4n) is 2.86. The van der Waals surface area contributed by atoms with E-state index in [1.807, 2.05) is 18.2 Å². The maximum absolute atomic E-state index is 12.0. The molecule has 0 spiro atoms. The second kappa shape index (κ2) is 9.36. The van der Waals surface area contributed by atoms with Crippen LogP contribution in [-0.4, -0.2) is 36.5 Å². The Labute approximate surface area is 143 Å². The molecule has 0 radical (unpaired) electrons. The SMILES string of the molecule is CC1CCN(CCC(=O)Nc2ccccc2Cl)C(CN)C1.Cl. The lowest BCUT2D eigenvalue weighted by atomic mass is 9.92. The number of halogens is 2. The molecule has 0 saturated carbocycles. The normalized spacial score (nSPS) is 22.0. The van der Waals surface area contributed by atoms with Gasteiger partial charge < -0.3 is 11.1 Å². The Morgan fingerprint density at radius 3 is 2.86 bits per heavy atom. The minimum atomic E-state index is -0.00232. The highest BCUT2D eigenvalue weighted by atomic mass is 35.5. The Hall–Kier alpha value is -0.810. The summed E-state index contributed by atoms with van der Waals surface area (Å²) in [5.74, 6) is 0.726. The van der Waals surface area contributed by atoms with Crippen molar-refractivity contribution in [3.63, 3.8) is 0 Å². The van der Waals surface area contributed by atoms with E-state index < -0.39 is 0 Å². The number of amides is 1. The van der Waals surface area contributed by atoms with E-state index in [1.54, 1.807) is 6.07 Å². The fraction of sp³-hybridized carbons (Fsp3) is 0.562. The molecule has 1 saturated heterocycles. The number of likely N-dealkylation sites (tertiary alicyclic amines) is 1. The van der Waals surface area contributed by atoms with Crippen LogP contribution in [0.1, 0.15) is 26.2 Å². The second-order valence-corrected chi connectivity index (χ2v) is 6.24. The molecule has 1 heterocycles. The first-order chi connectivity index (χ1) is 10.1. The quantitative estimate of drug-likeness (QED) is 0.861. The van der Waals surface area contributed by atoms with Crippen LogP contribution in [0.2, 0.25) is 5.02 Å². The van der Waals surface area contributed by atoms with E-state index in [-0.39, 0.29) is 18.3 Å². The van der Waals surface area contributed by atoms with Crippen LogP contribution in [0.15, 0.2) is 24.3 Å². The molecule has 1 aliphatic heterocycles. The van der Waals surface area contributed by atoms with Gasteiger partial charge in [-0.1, -0.05) is 30.7 Å². The largest absolute Gasteiger partial charge is 0.329 e. The molecular formula is C16H25Cl2N3O. The van der Waals surface area contributed by atoms with Gasteiger partial charge in [0, 0.05) is 25.6 Å². The average Bonchev–Trinajstić information content (AvgIpc) is 2.48. The van der Waals surface area contributed by atoms with Crippen LogP contribution in [0.5, 0.6) is 0 Å². The maximum Gasteiger partial charge on any atom is 0.225 e. The fourth-order valence-corrected chi connectivity index (χ4v) is 3.04. The van der Waals surface area contributed by atoms with Crippen LogP contribution in [0.4, 0.5) is 5.69 Å². The molecule has 6 heteroatoms. The van der Waals surface area contributed by atoms with Crippen LogP contribution in [-0.2, 0) is 4.79 Å². The van der Waals surface area contributed by atoms with E-state index >= 15 is 0 Å². The molecule has 0 aliphatic carbocycles. The zero-order valence-corrected chi connectivity index (χ0v) is 14.5. The zero-order chi connectivity index (χ0) is 15.2. The van der Waals surface area contributed by atoms with Gasteiger partial charge in [-0.25, -0.2) is 0 Å². The highest BCUT2D eigenvalue weighted by Crippen LogP contribution is 2.23. The van der Waals surface area contributed by atoms with Crippen molar-refractivity contribution in [3.8, 4) is 0 Å². The van der Waals surface area contributed by atoms with Crippen LogP contribution in [0, 0.1) is 5.92 Å². The molecule has 22 heavy (non-hydrogen) atoms.